The van der Waals surface area contributed by atoms with Gasteiger partial charge < -0.3 is 0 Å². The number of halogens is 12. The third-order valence-corrected chi connectivity index (χ3v) is 3.02. The lowest BCUT2D eigenvalue weighted by molar-refractivity contribution is -0.192. The summed E-state index contributed by atoms with van der Waals surface area (Å²) in [6.45, 7) is 0. The highest BCUT2D eigenvalue weighted by Crippen LogP contribution is 2.45. The average molecular weight is 406 g/mol. The van der Waals surface area contributed by atoms with Crippen molar-refractivity contribution in [3.8, 4) is 0 Å². The van der Waals surface area contributed by atoms with E-state index in [0.717, 1.165) is 0 Å². The topological polar surface area (TPSA) is 54.4 Å². The van der Waals surface area contributed by atoms with Crippen LogP contribution in [0, 0.1) is 0 Å². The van der Waals surface area contributed by atoms with Crippen LogP contribution in [0.15, 0.2) is 23.3 Å². The molecule has 16 heteroatoms. The highest BCUT2D eigenvalue weighted by Gasteiger charge is 2.71. The monoisotopic (exact) mass is 406 g/mol. The summed E-state index contributed by atoms with van der Waals surface area (Å²) in [5.74, 6) is -22.7. The molecule has 142 valence electrons. The van der Waals surface area contributed by atoms with Crippen molar-refractivity contribution in [1.29, 1.82) is 0 Å². The number of rotatable bonds is 5. The smallest absolute Gasteiger partial charge is 0.281 e. The van der Waals surface area contributed by atoms with E-state index >= 15 is 0 Å². The van der Waals surface area contributed by atoms with Gasteiger partial charge in [0.1, 0.15) is 0 Å². The van der Waals surface area contributed by atoms with E-state index in [-0.39, 0.29) is 0 Å². The molecule has 1 N–H and O–H groups in total. The van der Waals surface area contributed by atoms with E-state index in [0.29, 0.717) is 0 Å². The molecule has 0 aliphatic heterocycles. The molecule has 0 aromatic heterocycles. The second-order valence-corrected chi connectivity index (χ2v) is 5.23. The molecule has 3 nitrogen and oxygen atoms in total. The maximum absolute atomic E-state index is 12.9. The maximum atomic E-state index is 12.9. The van der Waals surface area contributed by atoms with Crippen LogP contribution in [0.4, 0.5) is 52.7 Å². The zero-order valence-electron chi connectivity index (χ0n) is 10.3. The molecule has 0 saturated heterocycles. The van der Waals surface area contributed by atoms with Crippen molar-refractivity contribution in [2.24, 2.45) is 0 Å². The Balaban J connectivity index is 6.19. The standard InChI is InChI=1S/C8H2F12O3S/c9-1(3(11)5(13)7(16,17)18)2(10)4(12)6(14,15)8(19,20)24(21,22)23/h4H,(H,21,22,23)/b2-1+,5-3+. The van der Waals surface area contributed by atoms with E-state index in [1.165, 1.54) is 0 Å². The minimum atomic E-state index is -7.12. The first-order valence-electron chi connectivity index (χ1n) is 4.84. The number of hydrogen-bond donors (Lipinski definition) is 1. The lowest BCUT2D eigenvalue weighted by atomic mass is 10.1. The fraction of sp³-hybridized carbons (Fsp3) is 0.500. The maximum Gasteiger partial charge on any atom is 0.446 e. The zero-order chi connectivity index (χ0) is 19.9. The highest BCUT2D eigenvalue weighted by atomic mass is 32.2. The van der Waals surface area contributed by atoms with Crippen LogP contribution in [0.5, 0.6) is 0 Å². The first-order chi connectivity index (χ1) is 10.3. The van der Waals surface area contributed by atoms with E-state index in [1.807, 2.05) is 0 Å². The molecular weight excluding hydrogens is 404 g/mol. The van der Waals surface area contributed by atoms with Gasteiger partial charge in [-0.2, -0.15) is 43.5 Å². The Morgan fingerprint density at radius 3 is 1.50 bits per heavy atom. The van der Waals surface area contributed by atoms with Crippen LogP contribution in [0.1, 0.15) is 0 Å². The summed E-state index contributed by atoms with van der Waals surface area (Å²) < 4.78 is 177. The fourth-order valence-electron chi connectivity index (χ4n) is 0.916. The molecule has 1 unspecified atom stereocenters. The van der Waals surface area contributed by atoms with Gasteiger partial charge in [-0.1, -0.05) is 0 Å². The summed E-state index contributed by atoms with van der Waals surface area (Å²) in [4.78, 5) is 0. The van der Waals surface area contributed by atoms with Gasteiger partial charge in [-0.25, -0.2) is 17.6 Å². The van der Waals surface area contributed by atoms with Crippen molar-refractivity contribution in [1.82, 2.24) is 0 Å². The van der Waals surface area contributed by atoms with Gasteiger partial charge in [0.25, 0.3) is 0 Å². The zero-order valence-corrected chi connectivity index (χ0v) is 11.1. The molecule has 24 heavy (non-hydrogen) atoms. The van der Waals surface area contributed by atoms with Crippen molar-refractivity contribution in [2.75, 3.05) is 0 Å². The first kappa shape index (κ1) is 22.6. The summed E-state index contributed by atoms with van der Waals surface area (Å²) in [5.41, 5.74) is 0. The number of allylic oxidation sites excluding steroid dienone is 4. The Hall–Kier alpha value is -1.45. The Labute approximate surface area is 124 Å². The summed E-state index contributed by atoms with van der Waals surface area (Å²) in [7, 11) is -7.12. The van der Waals surface area contributed by atoms with E-state index in [2.05, 4.69) is 0 Å². The molecule has 0 fully saturated rings. The first-order valence-corrected chi connectivity index (χ1v) is 6.28. The third-order valence-electron chi connectivity index (χ3n) is 2.10. The largest absolute Gasteiger partial charge is 0.446 e. The summed E-state index contributed by atoms with van der Waals surface area (Å²) in [5, 5.41) is -6.79. The molecule has 1 atom stereocenters. The van der Waals surface area contributed by atoms with Crippen LogP contribution in [0.25, 0.3) is 0 Å². The second-order valence-electron chi connectivity index (χ2n) is 3.77. The van der Waals surface area contributed by atoms with Gasteiger partial charge in [-0.3, -0.25) is 4.55 Å². The third kappa shape index (κ3) is 3.96. The molecule has 0 amide bonds. The SMILES string of the molecule is O=S(=O)(O)C(F)(F)C(F)(F)C(F)/C(F)=C(F)/C(F)=C(\F)C(F)(F)F. The van der Waals surface area contributed by atoms with Gasteiger partial charge in [0, 0.05) is 0 Å². The van der Waals surface area contributed by atoms with Crippen molar-refractivity contribution in [3.63, 3.8) is 0 Å². The Kier molecular flexibility index (Phi) is 6.06. The number of alkyl halides is 8. The van der Waals surface area contributed by atoms with Crippen LogP contribution in [-0.4, -0.2) is 36.5 Å². The molecule has 0 rings (SSSR count). The van der Waals surface area contributed by atoms with E-state index in [9.17, 15) is 61.1 Å². The van der Waals surface area contributed by atoms with Gasteiger partial charge in [-0.05, 0) is 0 Å². The molecule has 0 spiro atoms. The quantitative estimate of drug-likeness (QED) is 0.421. The van der Waals surface area contributed by atoms with Crippen molar-refractivity contribution < 1.29 is 65.7 Å². The van der Waals surface area contributed by atoms with Crippen LogP contribution in [0.3, 0.4) is 0 Å². The van der Waals surface area contributed by atoms with Crippen LogP contribution in [-0.2, 0) is 10.1 Å². The van der Waals surface area contributed by atoms with Crippen LogP contribution >= 0.6 is 0 Å². The molecule has 0 radical (unpaired) electrons. The second kappa shape index (κ2) is 6.45. The lowest BCUT2D eigenvalue weighted by Crippen LogP contribution is -2.52. The van der Waals surface area contributed by atoms with Gasteiger partial charge in [0.2, 0.25) is 17.8 Å². The van der Waals surface area contributed by atoms with Gasteiger partial charge in [0.05, 0.1) is 0 Å². The average Bonchev–Trinajstić information content (AvgIpc) is 2.40. The van der Waals surface area contributed by atoms with Crippen LogP contribution < -0.4 is 0 Å². The number of hydrogen-bond acceptors (Lipinski definition) is 2. The molecule has 0 aromatic carbocycles. The normalized spacial score (nSPS) is 18.0. The van der Waals surface area contributed by atoms with Gasteiger partial charge in [-0.15, -0.1) is 0 Å². The molecule has 0 bridgehead atoms. The minimum Gasteiger partial charge on any atom is -0.281 e. The molecule has 0 aliphatic carbocycles. The Bertz CT molecular complexity index is 658. The predicted octanol–water partition coefficient (Wildman–Crippen LogP) is 4.30. The molecule has 0 aromatic rings. The van der Waals surface area contributed by atoms with Gasteiger partial charge >= 0.3 is 27.5 Å². The molecular formula is C8H2F12O3S. The van der Waals surface area contributed by atoms with Crippen molar-refractivity contribution in [3.05, 3.63) is 23.3 Å². The minimum absolute atomic E-state index is 3.89. The fourth-order valence-corrected chi connectivity index (χ4v) is 1.36. The Morgan fingerprint density at radius 2 is 1.21 bits per heavy atom. The molecule has 0 aliphatic rings. The summed E-state index contributed by atoms with van der Waals surface area (Å²) in [6.07, 6.45) is -11.7. The molecule has 0 saturated carbocycles. The van der Waals surface area contributed by atoms with Crippen molar-refractivity contribution >= 4 is 10.1 Å². The van der Waals surface area contributed by atoms with E-state index in [1.54, 1.807) is 0 Å². The summed E-state index contributed by atoms with van der Waals surface area (Å²) >= 11 is 0. The van der Waals surface area contributed by atoms with Crippen LogP contribution in [0.2, 0.25) is 0 Å². The molecule has 0 heterocycles. The van der Waals surface area contributed by atoms with Gasteiger partial charge in [0.15, 0.2) is 11.7 Å². The van der Waals surface area contributed by atoms with Crippen molar-refractivity contribution in [2.45, 2.75) is 23.5 Å². The highest BCUT2D eigenvalue weighted by molar-refractivity contribution is 7.87. The Morgan fingerprint density at radius 1 is 0.833 bits per heavy atom. The van der Waals surface area contributed by atoms with E-state index < -0.39 is 57.0 Å². The summed E-state index contributed by atoms with van der Waals surface area (Å²) in [6, 6.07) is 0. The predicted molar refractivity (Wildman–Crippen MR) is 50.9 cm³/mol. The lowest BCUT2D eigenvalue weighted by Gasteiger charge is -2.25. The van der Waals surface area contributed by atoms with E-state index in [4.69, 9.17) is 4.55 Å².